The normalized spacial score (nSPS) is 17.1. The fraction of sp³-hybridized carbons (Fsp3) is 1.00. The highest BCUT2D eigenvalue weighted by Gasteiger charge is 2.76. The smallest absolute Gasteiger partial charge is 0.356 e. The molecule has 0 bridgehead atoms. The Balaban J connectivity index is 7.85. The molecule has 0 rings (SSSR count). The van der Waals surface area contributed by atoms with Gasteiger partial charge in [-0.3, -0.25) is 0 Å². The van der Waals surface area contributed by atoms with Gasteiger partial charge in [0.2, 0.25) is 0 Å². The van der Waals surface area contributed by atoms with Crippen molar-refractivity contribution in [2.75, 3.05) is 28.4 Å². The van der Waals surface area contributed by atoms with E-state index in [1.54, 1.807) is 0 Å². The van der Waals surface area contributed by atoms with Crippen molar-refractivity contribution in [3.05, 3.63) is 0 Å². The van der Waals surface area contributed by atoms with Gasteiger partial charge in [0, 0.05) is 38.5 Å². The standard InChI is InChI=1S/C28H60O4Si/c1-13-19-25(7,29-9)27(21-15-3,22-16-4)33(31-11,32-12)28(23-17-5,24-18-6)26(8,30-10)20-14-2/h13-24H2,1-12H3. The van der Waals surface area contributed by atoms with Crippen molar-refractivity contribution >= 4 is 8.56 Å². The predicted octanol–water partition coefficient (Wildman–Crippen LogP) is 8.81. The summed E-state index contributed by atoms with van der Waals surface area (Å²) in [5.74, 6) is 0. The molecule has 0 saturated heterocycles. The van der Waals surface area contributed by atoms with Crippen molar-refractivity contribution in [2.45, 2.75) is 154 Å². The summed E-state index contributed by atoms with van der Waals surface area (Å²) in [5.41, 5.74) is -0.667. The van der Waals surface area contributed by atoms with E-state index >= 15 is 0 Å². The van der Waals surface area contributed by atoms with Gasteiger partial charge in [-0.1, -0.05) is 80.1 Å². The maximum atomic E-state index is 6.97. The Labute approximate surface area is 209 Å². The number of hydrogen-bond donors (Lipinski definition) is 0. The molecule has 2 unspecified atom stereocenters. The van der Waals surface area contributed by atoms with Crippen molar-refractivity contribution < 1.29 is 18.3 Å². The largest absolute Gasteiger partial charge is 0.397 e. The van der Waals surface area contributed by atoms with Crippen molar-refractivity contribution in [3.63, 3.8) is 0 Å². The van der Waals surface area contributed by atoms with Crippen LogP contribution in [0.15, 0.2) is 0 Å². The minimum absolute atomic E-state index is 0.199. The molecule has 33 heavy (non-hydrogen) atoms. The lowest BCUT2D eigenvalue weighted by Gasteiger charge is -2.65. The predicted molar refractivity (Wildman–Crippen MR) is 145 cm³/mol. The fourth-order valence-electron chi connectivity index (χ4n) is 7.72. The molecule has 0 amide bonds. The van der Waals surface area contributed by atoms with Gasteiger partial charge < -0.3 is 18.3 Å². The number of rotatable bonds is 20. The van der Waals surface area contributed by atoms with E-state index in [-0.39, 0.29) is 21.3 Å². The van der Waals surface area contributed by atoms with E-state index in [4.69, 9.17) is 18.3 Å². The highest BCUT2D eigenvalue weighted by atomic mass is 28.4. The quantitative estimate of drug-likeness (QED) is 0.160. The molecule has 0 aliphatic heterocycles. The molecule has 4 nitrogen and oxygen atoms in total. The topological polar surface area (TPSA) is 36.9 Å². The second-order valence-electron chi connectivity index (χ2n) is 10.6. The third-order valence-electron chi connectivity index (χ3n) is 8.92. The first-order valence-corrected chi connectivity index (χ1v) is 15.6. The first-order chi connectivity index (χ1) is 15.6. The van der Waals surface area contributed by atoms with Gasteiger partial charge in [0.1, 0.15) is 0 Å². The maximum Gasteiger partial charge on any atom is 0.356 e. The van der Waals surface area contributed by atoms with Gasteiger partial charge in [-0.15, -0.1) is 0 Å². The lowest BCUT2D eigenvalue weighted by molar-refractivity contribution is -0.0971. The third kappa shape index (κ3) is 5.58. The molecule has 0 radical (unpaired) electrons. The fourth-order valence-corrected chi connectivity index (χ4v) is 14.5. The highest BCUT2D eigenvalue weighted by molar-refractivity contribution is 6.74. The Morgan fingerprint density at radius 2 is 0.697 bits per heavy atom. The lowest BCUT2D eigenvalue weighted by atomic mass is 9.76. The third-order valence-corrected chi connectivity index (χ3v) is 14.6. The van der Waals surface area contributed by atoms with Gasteiger partial charge in [0.25, 0.3) is 0 Å². The molecule has 0 saturated carbocycles. The van der Waals surface area contributed by atoms with Crippen LogP contribution in [0.4, 0.5) is 0 Å². The second-order valence-corrected chi connectivity index (χ2v) is 14.5. The molecule has 0 aromatic rings. The SMILES string of the molecule is CCCC(C)(OC)C(CCC)(CCC)[Si](OC)(OC)C(CCC)(CCC)C(C)(CCC)OC. The molecule has 0 aliphatic rings. The average Bonchev–Trinajstić information content (AvgIpc) is 2.80. The minimum atomic E-state index is -3.02. The zero-order valence-electron chi connectivity index (χ0n) is 24.6. The van der Waals surface area contributed by atoms with Gasteiger partial charge in [-0.25, -0.2) is 0 Å². The van der Waals surface area contributed by atoms with E-state index in [9.17, 15) is 0 Å². The van der Waals surface area contributed by atoms with Crippen LogP contribution in [-0.4, -0.2) is 48.2 Å². The van der Waals surface area contributed by atoms with Crippen LogP contribution in [-0.2, 0) is 18.3 Å². The number of hydrogen-bond acceptors (Lipinski definition) is 4. The lowest BCUT2D eigenvalue weighted by Crippen LogP contribution is -2.72. The molecular weight excluding hydrogens is 428 g/mol. The van der Waals surface area contributed by atoms with Gasteiger partial charge >= 0.3 is 8.56 Å². The summed E-state index contributed by atoms with van der Waals surface area (Å²) in [4.78, 5) is 0. The molecule has 0 aromatic heterocycles. The van der Waals surface area contributed by atoms with E-state index in [1.165, 1.54) is 0 Å². The van der Waals surface area contributed by atoms with E-state index < -0.39 is 8.56 Å². The van der Waals surface area contributed by atoms with Crippen molar-refractivity contribution in [3.8, 4) is 0 Å². The monoisotopic (exact) mass is 488 g/mol. The van der Waals surface area contributed by atoms with Gasteiger partial charge in [0.05, 0.1) is 11.2 Å². The Morgan fingerprint density at radius 3 is 0.848 bits per heavy atom. The first-order valence-electron chi connectivity index (χ1n) is 13.8. The summed E-state index contributed by atoms with van der Waals surface area (Å²) in [6.45, 7) is 18.4. The molecule has 0 spiro atoms. The molecule has 0 aliphatic carbocycles. The van der Waals surface area contributed by atoms with Crippen LogP contribution in [0, 0.1) is 0 Å². The highest BCUT2D eigenvalue weighted by Crippen LogP contribution is 2.71. The molecule has 0 N–H and O–H groups in total. The summed E-state index contributed by atoms with van der Waals surface area (Å²) >= 11 is 0. The summed E-state index contributed by atoms with van der Waals surface area (Å²) in [5, 5.41) is -0.398. The van der Waals surface area contributed by atoms with Gasteiger partial charge in [-0.05, 0) is 52.4 Å². The maximum absolute atomic E-state index is 6.97. The van der Waals surface area contributed by atoms with Crippen molar-refractivity contribution in [2.24, 2.45) is 0 Å². The van der Waals surface area contributed by atoms with Crippen LogP contribution in [0.2, 0.25) is 10.1 Å². The Kier molecular flexibility index (Phi) is 14.6. The van der Waals surface area contributed by atoms with Crippen LogP contribution in [0.5, 0.6) is 0 Å². The average molecular weight is 489 g/mol. The summed E-state index contributed by atoms with van der Waals surface area (Å²) in [6.07, 6.45) is 12.6. The molecule has 5 heteroatoms. The molecule has 0 heterocycles. The Morgan fingerprint density at radius 1 is 0.455 bits per heavy atom. The van der Waals surface area contributed by atoms with E-state index in [2.05, 4.69) is 55.4 Å². The first kappa shape index (κ1) is 33.1. The molecular formula is C28H60O4Si. The van der Waals surface area contributed by atoms with E-state index in [1.807, 2.05) is 28.4 Å². The molecule has 2 atom stereocenters. The zero-order chi connectivity index (χ0) is 25.8. The van der Waals surface area contributed by atoms with Crippen LogP contribution in [0.3, 0.4) is 0 Å². The van der Waals surface area contributed by atoms with Crippen LogP contribution in [0.1, 0.15) is 132 Å². The van der Waals surface area contributed by atoms with Crippen molar-refractivity contribution in [1.82, 2.24) is 0 Å². The molecule has 200 valence electrons. The van der Waals surface area contributed by atoms with Crippen LogP contribution in [0.25, 0.3) is 0 Å². The van der Waals surface area contributed by atoms with Crippen molar-refractivity contribution in [1.29, 1.82) is 0 Å². The van der Waals surface area contributed by atoms with E-state index in [0.717, 1.165) is 77.0 Å². The number of methoxy groups -OCH3 is 2. The van der Waals surface area contributed by atoms with Gasteiger partial charge in [0.15, 0.2) is 0 Å². The summed E-state index contributed by atoms with van der Waals surface area (Å²) in [7, 11) is 4.65. The Bertz CT molecular complexity index is 468. The van der Waals surface area contributed by atoms with Gasteiger partial charge in [-0.2, -0.15) is 0 Å². The molecule has 0 fully saturated rings. The summed E-state index contributed by atoms with van der Waals surface area (Å²) in [6, 6.07) is 0. The van der Waals surface area contributed by atoms with E-state index in [0.29, 0.717) is 0 Å². The van der Waals surface area contributed by atoms with Crippen LogP contribution < -0.4 is 0 Å². The van der Waals surface area contributed by atoms with Crippen LogP contribution >= 0.6 is 0 Å². The minimum Gasteiger partial charge on any atom is -0.397 e. The Hall–Kier alpha value is 0.0569. The number of ether oxygens (including phenoxy) is 2. The zero-order valence-corrected chi connectivity index (χ0v) is 25.6. The molecule has 0 aromatic carbocycles. The second kappa shape index (κ2) is 14.6. The summed E-state index contributed by atoms with van der Waals surface area (Å²) < 4.78 is 27.0.